The lowest BCUT2D eigenvalue weighted by molar-refractivity contribution is 0.331. The maximum Gasteiger partial charge on any atom is 0.137 e. The normalized spacial score (nSPS) is 12.0. The molecule has 0 atom stereocenters. The van der Waals surface area contributed by atoms with Gasteiger partial charge in [0.2, 0.25) is 0 Å². The molecule has 1 aromatic rings. The van der Waals surface area contributed by atoms with Gasteiger partial charge in [0.25, 0.3) is 0 Å². The predicted octanol–water partition coefficient (Wildman–Crippen LogP) is 2.96. The third kappa shape index (κ3) is 3.07. The molecular weight excluding hydrogens is 150 g/mol. The van der Waals surface area contributed by atoms with Crippen LogP contribution in [0.2, 0.25) is 0 Å². The van der Waals surface area contributed by atoms with Crippen molar-refractivity contribution in [1.82, 2.24) is 5.16 Å². The van der Waals surface area contributed by atoms with Gasteiger partial charge in [0.15, 0.2) is 0 Å². The molecular formula is C10H17NO. The van der Waals surface area contributed by atoms with E-state index in [0.717, 1.165) is 24.3 Å². The standard InChI is InChI=1S/C10H17NO/c1-8-7-9(12-11-8)5-6-10(2,3)4/h7H,5-6H2,1-4H3. The van der Waals surface area contributed by atoms with Crippen molar-refractivity contribution in [2.75, 3.05) is 0 Å². The number of hydrogen-bond donors (Lipinski definition) is 0. The van der Waals surface area contributed by atoms with Gasteiger partial charge in [0.1, 0.15) is 5.76 Å². The van der Waals surface area contributed by atoms with Crippen LogP contribution >= 0.6 is 0 Å². The van der Waals surface area contributed by atoms with Crippen molar-refractivity contribution in [3.63, 3.8) is 0 Å². The molecule has 1 rings (SSSR count). The Kier molecular flexibility index (Phi) is 2.55. The molecule has 2 nitrogen and oxygen atoms in total. The first kappa shape index (κ1) is 9.30. The van der Waals surface area contributed by atoms with Gasteiger partial charge in [-0.05, 0) is 18.8 Å². The summed E-state index contributed by atoms with van der Waals surface area (Å²) in [6.07, 6.45) is 2.13. The van der Waals surface area contributed by atoms with E-state index in [1.807, 2.05) is 13.0 Å². The number of aryl methyl sites for hydroxylation is 2. The van der Waals surface area contributed by atoms with Crippen LogP contribution in [0.4, 0.5) is 0 Å². The van der Waals surface area contributed by atoms with Gasteiger partial charge in [0, 0.05) is 12.5 Å². The van der Waals surface area contributed by atoms with Crippen LogP contribution in [0.1, 0.15) is 38.6 Å². The van der Waals surface area contributed by atoms with Gasteiger partial charge >= 0.3 is 0 Å². The molecule has 0 radical (unpaired) electrons. The largest absolute Gasteiger partial charge is 0.361 e. The zero-order valence-corrected chi connectivity index (χ0v) is 8.35. The van der Waals surface area contributed by atoms with Crippen LogP contribution in [0.3, 0.4) is 0 Å². The van der Waals surface area contributed by atoms with Crippen molar-refractivity contribution < 1.29 is 4.52 Å². The minimum absolute atomic E-state index is 0.376. The average Bonchev–Trinajstić information content (AvgIpc) is 2.30. The van der Waals surface area contributed by atoms with Crippen LogP contribution in [-0.2, 0) is 6.42 Å². The highest BCUT2D eigenvalue weighted by molar-refractivity contribution is 5.03. The first-order valence-corrected chi connectivity index (χ1v) is 4.39. The Bertz CT molecular complexity index is 245. The van der Waals surface area contributed by atoms with E-state index in [1.165, 1.54) is 0 Å². The quantitative estimate of drug-likeness (QED) is 0.676. The van der Waals surface area contributed by atoms with Crippen molar-refractivity contribution in [1.29, 1.82) is 0 Å². The highest BCUT2D eigenvalue weighted by Crippen LogP contribution is 2.21. The minimum atomic E-state index is 0.376. The lowest BCUT2D eigenvalue weighted by atomic mass is 9.90. The third-order valence-electron chi connectivity index (χ3n) is 1.80. The third-order valence-corrected chi connectivity index (χ3v) is 1.80. The predicted molar refractivity (Wildman–Crippen MR) is 49.0 cm³/mol. The Morgan fingerprint density at radius 2 is 2.08 bits per heavy atom. The summed E-state index contributed by atoms with van der Waals surface area (Å²) in [7, 11) is 0. The molecule has 0 spiro atoms. The van der Waals surface area contributed by atoms with Gasteiger partial charge < -0.3 is 4.52 Å². The molecule has 1 aromatic heterocycles. The second-order valence-electron chi connectivity index (χ2n) is 4.50. The van der Waals surface area contributed by atoms with Gasteiger partial charge in [-0.15, -0.1) is 0 Å². The molecule has 0 fully saturated rings. The zero-order valence-electron chi connectivity index (χ0n) is 8.35. The molecule has 0 bridgehead atoms. The summed E-state index contributed by atoms with van der Waals surface area (Å²) in [6, 6.07) is 2.01. The SMILES string of the molecule is Cc1cc(CCC(C)(C)C)on1. The summed E-state index contributed by atoms with van der Waals surface area (Å²) in [5, 5.41) is 3.84. The van der Waals surface area contributed by atoms with Gasteiger partial charge in [0.05, 0.1) is 5.69 Å². The molecule has 0 aromatic carbocycles. The van der Waals surface area contributed by atoms with Crippen molar-refractivity contribution >= 4 is 0 Å². The van der Waals surface area contributed by atoms with E-state index in [1.54, 1.807) is 0 Å². The summed E-state index contributed by atoms with van der Waals surface area (Å²) < 4.78 is 5.11. The maximum absolute atomic E-state index is 5.11. The maximum atomic E-state index is 5.11. The van der Waals surface area contributed by atoms with Crippen molar-refractivity contribution in [3.05, 3.63) is 17.5 Å². The second-order valence-corrected chi connectivity index (χ2v) is 4.50. The average molecular weight is 167 g/mol. The molecule has 0 saturated carbocycles. The van der Waals surface area contributed by atoms with E-state index in [-0.39, 0.29) is 0 Å². The van der Waals surface area contributed by atoms with Crippen molar-refractivity contribution in [3.8, 4) is 0 Å². The van der Waals surface area contributed by atoms with Crippen LogP contribution in [0.5, 0.6) is 0 Å². The van der Waals surface area contributed by atoms with E-state index in [4.69, 9.17) is 4.52 Å². The number of rotatable bonds is 2. The number of aromatic nitrogens is 1. The summed E-state index contributed by atoms with van der Waals surface area (Å²) in [5.41, 5.74) is 1.35. The molecule has 1 heterocycles. The summed E-state index contributed by atoms with van der Waals surface area (Å²) in [5.74, 6) is 1.00. The molecule has 0 aliphatic rings. The van der Waals surface area contributed by atoms with E-state index in [2.05, 4.69) is 25.9 Å². The molecule has 2 heteroatoms. The van der Waals surface area contributed by atoms with E-state index in [9.17, 15) is 0 Å². The smallest absolute Gasteiger partial charge is 0.137 e. The highest BCUT2D eigenvalue weighted by atomic mass is 16.5. The Balaban J connectivity index is 2.44. The zero-order chi connectivity index (χ0) is 9.19. The van der Waals surface area contributed by atoms with Crippen LogP contribution in [0, 0.1) is 12.3 Å². The Hall–Kier alpha value is -0.790. The van der Waals surface area contributed by atoms with Gasteiger partial charge in [-0.1, -0.05) is 25.9 Å². The molecule has 0 amide bonds. The second kappa shape index (κ2) is 3.30. The van der Waals surface area contributed by atoms with E-state index < -0.39 is 0 Å². The fraction of sp³-hybridized carbons (Fsp3) is 0.700. The van der Waals surface area contributed by atoms with Gasteiger partial charge in [-0.25, -0.2) is 0 Å². The van der Waals surface area contributed by atoms with Crippen LogP contribution in [0.25, 0.3) is 0 Å². The molecule has 68 valence electrons. The monoisotopic (exact) mass is 167 g/mol. The molecule has 0 aliphatic carbocycles. The Morgan fingerprint density at radius 1 is 1.42 bits per heavy atom. The van der Waals surface area contributed by atoms with Crippen LogP contribution in [0.15, 0.2) is 10.6 Å². The van der Waals surface area contributed by atoms with Crippen molar-refractivity contribution in [2.45, 2.75) is 40.5 Å². The molecule has 0 saturated heterocycles. The van der Waals surface area contributed by atoms with Crippen molar-refractivity contribution in [2.24, 2.45) is 5.41 Å². The lowest BCUT2D eigenvalue weighted by Crippen LogP contribution is -2.05. The Morgan fingerprint density at radius 3 is 2.50 bits per heavy atom. The van der Waals surface area contributed by atoms with Crippen LogP contribution in [-0.4, -0.2) is 5.16 Å². The fourth-order valence-electron chi connectivity index (χ4n) is 1.03. The summed E-state index contributed by atoms with van der Waals surface area (Å²) in [4.78, 5) is 0. The molecule has 0 aliphatic heterocycles. The first-order chi connectivity index (χ1) is 5.47. The Labute approximate surface area is 74.0 Å². The molecule has 0 N–H and O–H groups in total. The van der Waals surface area contributed by atoms with Gasteiger partial charge in [-0.3, -0.25) is 0 Å². The summed E-state index contributed by atoms with van der Waals surface area (Å²) >= 11 is 0. The topological polar surface area (TPSA) is 26.0 Å². The van der Waals surface area contributed by atoms with E-state index in [0.29, 0.717) is 5.41 Å². The minimum Gasteiger partial charge on any atom is -0.361 e. The van der Waals surface area contributed by atoms with E-state index >= 15 is 0 Å². The molecule has 12 heavy (non-hydrogen) atoms. The highest BCUT2D eigenvalue weighted by Gasteiger charge is 2.11. The summed E-state index contributed by atoms with van der Waals surface area (Å²) in [6.45, 7) is 8.65. The number of nitrogens with zero attached hydrogens (tertiary/aromatic N) is 1. The van der Waals surface area contributed by atoms with Gasteiger partial charge in [-0.2, -0.15) is 0 Å². The first-order valence-electron chi connectivity index (χ1n) is 4.39. The fourth-order valence-corrected chi connectivity index (χ4v) is 1.03. The van der Waals surface area contributed by atoms with Crippen LogP contribution < -0.4 is 0 Å². The number of hydrogen-bond acceptors (Lipinski definition) is 2. The lowest BCUT2D eigenvalue weighted by Gasteiger charge is -2.16. The molecule has 0 unspecified atom stereocenters.